The maximum atomic E-state index is 12.7. The lowest BCUT2D eigenvalue weighted by Crippen LogP contribution is -2.39. The van der Waals surface area contributed by atoms with Crippen molar-refractivity contribution in [2.45, 2.75) is 20.8 Å². The second-order valence-electron chi connectivity index (χ2n) is 6.04. The Balaban J connectivity index is 2.90. The highest BCUT2D eigenvalue weighted by molar-refractivity contribution is 5.99. The Morgan fingerprint density at radius 1 is 1.25 bits per heavy atom. The van der Waals surface area contributed by atoms with Gasteiger partial charge in [0, 0.05) is 25.3 Å². The minimum Gasteiger partial charge on any atom is -0.398 e. The Kier molecular flexibility index (Phi) is 6.02. The molecule has 4 heteroatoms. The van der Waals surface area contributed by atoms with Crippen LogP contribution < -0.4 is 5.73 Å². The maximum absolute atomic E-state index is 12.7. The van der Waals surface area contributed by atoms with E-state index in [1.54, 1.807) is 0 Å². The molecule has 1 amide bonds. The quantitative estimate of drug-likeness (QED) is 0.811. The third kappa shape index (κ3) is 4.85. The molecule has 0 heterocycles. The first-order valence-electron chi connectivity index (χ1n) is 7.11. The van der Waals surface area contributed by atoms with Gasteiger partial charge >= 0.3 is 0 Å². The van der Waals surface area contributed by atoms with E-state index in [1.165, 1.54) is 0 Å². The lowest BCUT2D eigenvalue weighted by molar-refractivity contribution is 0.0726. The second kappa shape index (κ2) is 7.29. The number of aryl methyl sites for hydroxylation is 1. The molecule has 0 saturated heterocycles. The number of nitrogens with two attached hydrogens (primary N) is 1. The van der Waals surface area contributed by atoms with E-state index in [1.807, 2.05) is 44.1 Å². The van der Waals surface area contributed by atoms with Crippen LogP contribution in [0, 0.1) is 12.8 Å². The van der Waals surface area contributed by atoms with Crippen molar-refractivity contribution < 1.29 is 4.79 Å². The molecule has 0 unspecified atom stereocenters. The Bertz CT molecular complexity index is 455. The molecule has 0 fully saturated rings. The fourth-order valence-electron chi connectivity index (χ4n) is 2.08. The minimum absolute atomic E-state index is 0.0260. The molecule has 0 aliphatic heterocycles. The zero-order chi connectivity index (χ0) is 15.3. The number of carbonyl (C=O) groups is 1. The van der Waals surface area contributed by atoms with E-state index in [4.69, 9.17) is 5.73 Å². The highest BCUT2D eigenvalue weighted by Crippen LogP contribution is 2.17. The summed E-state index contributed by atoms with van der Waals surface area (Å²) in [5.41, 5.74) is 8.23. The molecule has 1 rings (SSSR count). The summed E-state index contributed by atoms with van der Waals surface area (Å²) in [5, 5.41) is 0. The van der Waals surface area contributed by atoms with Crippen molar-refractivity contribution in [1.82, 2.24) is 9.80 Å². The van der Waals surface area contributed by atoms with Gasteiger partial charge in [0.25, 0.3) is 5.91 Å². The lowest BCUT2D eigenvalue weighted by atomic mass is 10.1. The minimum atomic E-state index is 0.0260. The van der Waals surface area contributed by atoms with Gasteiger partial charge in [-0.15, -0.1) is 0 Å². The van der Waals surface area contributed by atoms with Gasteiger partial charge < -0.3 is 15.5 Å². The second-order valence-corrected chi connectivity index (χ2v) is 6.04. The molecule has 0 saturated carbocycles. The van der Waals surface area contributed by atoms with Crippen molar-refractivity contribution >= 4 is 11.6 Å². The van der Waals surface area contributed by atoms with Crippen molar-refractivity contribution in [3.8, 4) is 0 Å². The van der Waals surface area contributed by atoms with Gasteiger partial charge in [-0.25, -0.2) is 0 Å². The first kappa shape index (κ1) is 16.5. The summed E-state index contributed by atoms with van der Waals surface area (Å²) in [5.74, 6) is 0.464. The molecule has 2 N–H and O–H groups in total. The molecule has 4 nitrogen and oxygen atoms in total. The highest BCUT2D eigenvalue weighted by Gasteiger charge is 2.19. The van der Waals surface area contributed by atoms with Gasteiger partial charge in [-0.3, -0.25) is 4.79 Å². The van der Waals surface area contributed by atoms with Crippen molar-refractivity contribution in [1.29, 1.82) is 0 Å². The van der Waals surface area contributed by atoms with E-state index in [0.717, 1.165) is 25.2 Å². The number of hydrogen-bond acceptors (Lipinski definition) is 3. The van der Waals surface area contributed by atoms with Gasteiger partial charge in [0.2, 0.25) is 0 Å². The first-order valence-corrected chi connectivity index (χ1v) is 7.11. The number of rotatable bonds is 6. The monoisotopic (exact) mass is 277 g/mol. The standard InChI is InChI=1S/C16H27N3O/c1-12(2)11-19(9-8-18(4)5)16(20)14-7-6-13(3)10-15(14)17/h6-7,10,12H,8-9,11,17H2,1-5H3. The molecule has 0 aliphatic carbocycles. The third-order valence-electron chi connectivity index (χ3n) is 3.13. The number of likely N-dealkylation sites (N-methyl/N-ethyl adjacent to an activating group) is 1. The Hall–Kier alpha value is -1.55. The molecule has 1 aromatic carbocycles. The average molecular weight is 277 g/mol. The molecule has 0 aromatic heterocycles. The number of amides is 1. The van der Waals surface area contributed by atoms with E-state index in [-0.39, 0.29) is 5.91 Å². The van der Waals surface area contributed by atoms with Crippen molar-refractivity contribution in [3.05, 3.63) is 29.3 Å². The number of hydrogen-bond donors (Lipinski definition) is 1. The van der Waals surface area contributed by atoms with Crippen LogP contribution in [0.1, 0.15) is 29.8 Å². The average Bonchev–Trinajstić information content (AvgIpc) is 2.33. The van der Waals surface area contributed by atoms with Crippen molar-refractivity contribution in [3.63, 3.8) is 0 Å². The summed E-state index contributed by atoms with van der Waals surface area (Å²) in [6.07, 6.45) is 0. The van der Waals surface area contributed by atoms with Crippen LogP contribution in [-0.2, 0) is 0 Å². The summed E-state index contributed by atoms with van der Waals surface area (Å²) in [7, 11) is 4.02. The number of anilines is 1. The smallest absolute Gasteiger partial charge is 0.255 e. The Morgan fingerprint density at radius 2 is 1.90 bits per heavy atom. The molecular weight excluding hydrogens is 250 g/mol. The zero-order valence-electron chi connectivity index (χ0n) is 13.3. The molecular formula is C16H27N3O. The summed E-state index contributed by atoms with van der Waals surface area (Å²) < 4.78 is 0. The van der Waals surface area contributed by atoms with Gasteiger partial charge in [0.15, 0.2) is 0 Å². The maximum Gasteiger partial charge on any atom is 0.255 e. The van der Waals surface area contributed by atoms with E-state index in [9.17, 15) is 4.79 Å². The lowest BCUT2D eigenvalue weighted by Gasteiger charge is -2.26. The van der Waals surface area contributed by atoms with Gasteiger partial charge in [-0.1, -0.05) is 19.9 Å². The van der Waals surface area contributed by atoms with Crippen LogP contribution in [0.2, 0.25) is 0 Å². The Labute approximate surface area is 122 Å². The van der Waals surface area contributed by atoms with Crippen molar-refractivity contribution in [2.75, 3.05) is 39.5 Å². The third-order valence-corrected chi connectivity index (χ3v) is 3.13. The molecule has 0 aliphatic rings. The Morgan fingerprint density at radius 3 is 2.40 bits per heavy atom. The number of carbonyl (C=O) groups excluding carboxylic acids is 1. The van der Waals surface area contributed by atoms with Crippen LogP contribution in [0.5, 0.6) is 0 Å². The number of nitrogen functional groups attached to an aromatic ring is 1. The number of nitrogens with zero attached hydrogens (tertiary/aromatic N) is 2. The van der Waals surface area contributed by atoms with Crippen LogP contribution in [0.3, 0.4) is 0 Å². The van der Waals surface area contributed by atoms with Crippen LogP contribution in [0.15, 0.2) is 18.2 Å². The van der Waals surface area contributed by atoms with Gasteiger partial charge in [-0.05, 0) is 44.6 Å². The number of benzene rings is 1. The first-order chi connectivity index (χ1) is 9.31. The fraction of sp³-hybridized carbons (Fsp3) is 0.562. The largest absolute Gasteiger partial charge is 0.398 e. The molecule has 1 aromatic rings. The van der Waals surface area contributed by atoms with Crippen molar-refractivity contribution in [2.24, 2.45) is 5.92 Å². The molecule has 0 radical (unpaired) electrons. The summed E-state index contributed by atoms with van der Waals surface area (Å²) >= 11 is 0. The van der Waals surface area contributed by atoms with Gasteiger partial charge in [0.05, 0.1) is 5.56 Å². The van der Waals surface area contributed by atoms with Crippen LogP contribution >= 0.6 is 0 Å². The molecule has 112 valence electrons. The predicted molar refractivity (Wildman–Crippen MR) is 84.9 cm³/mol. The fourth-order valence-corrected chi connectivity index (χ4v) is 2.08. The van der Waals surface area contributed by atoms with E-state index < -0.39 is 0 Å². The zero-order valence-corrected chi connectivity index (χ0v) is 13.3. The van der Waals surface area contributed by atoms with Gasteiger partial charge in [0.1, 0.15) is 0 Å². The van der Waals surface area contributed by atoms with E-state index in [2.05, 4.69) is 18.7 Å². The topological polar surface area (TPSA) is 49.6 Å². The molecule has 0 atom stereocenters. The SMILES string of the molecule is Cc1ccc(C(=O)N(CCN(C)C)CC(C)C)c(N)c1. The highest BCUT2D eigenvalue weighted by atomic mass is 16.2. The molecule has 20 heavy (non-hydrogen) atoms. The summed E-state index contributed by atoms with van der Waals surface area (Å²) in [4.78, 5) is 16.6. The summed E-state index contributed by atoms with van der Waals surface area (Å²) in [6, 6.07) is 5.62. The van der Waals surface area contributed by atoms with Crippen LogP contribution in [0.4, 0.5) is 5.69 Å². The normalized spacial score (nSPS) is 11.2. The molecule has 0 bridgehead atoms. The van der Waals surface area contributed by atoms with Gasteiger partial charge in [-0.2, -0.15) is 0 Å². The van der Waals surface area contributed by atoms with Crippen LogP contribution in [-0.4, -0.2) is 49.4 Å². The van der Waals surface area contributed by atoms with E-state index >= 15 is 0 Å². The van der Waals surface area contributed by atoms with Crippen LogP contribution in [0.25, 0.3) is 0 Å². The van der Waals surface area contributed by atoms with E-state index in [0.29, 0.717) is 17.2 Å². The summed E-state index contributed by atoms with van der Waals surface area (Å²) in [6.45, 7) is 8.53. The molecule has 0 spiro atoms. The predicted octanol–water partition coefficient (Wildman–Crippen LogP) is 2.24.